The predicted octanol–water partition coefficient (Wildman–Crippen LogP) is 0.323. The molecule has 0 aromatic heterocycles. The minimum absolute atomic E-state index is 0.275. The summed E-state index contributed by atoms with van der Waals surface area (Å²) in [4.78, 5) is 22.1. The summed E-state index contributed by atoms with van der Waals surface area (Å²) in [5.74, 6) is 1.10. The average Bonchev–Trinajstić information content (AvgIpc) is 2.14. The Morgan fingerprint density at radius 1 is 1.50 bits per heavy atom. The van der Waals surface area contributed by atoms with Crippen LogP contribution in [0.4, 0.5) is 0 Å². The molecule has 0 saturated carbocycles. The maximum Gasteiger partial charge on any atom is 0.328 e. The molecule has 1 N–H and O–H groups in total. The van der Waals surface area contributed by atoms with E-state index in [2.05, 4.69) is 10.1 Å². The quantitative estimate of drug-likeness (QED) is 0.521. The number of rotatable bonds is 4. The van der Waals surface area contributed by atoms with E-state index in [1.54, 1.807) is 0 Å². The van der Waals surface area contributed by atoms with E-state index in [1.165, 1.54) is 7.11 Å². The number of carbonyl (C=O) groups excluding carboxylic acids is 2. The summed E-state index contributed by atoms with van der Waals surface area (Å²) in [7, 11) is 1.28. The van der Waals surface area contributed by atoms with Crippen LogP contribution >= 0.6 is 0 Å². The van der Waals surface area contributed by atoms with Crippen LogP contribution < -0.4 is 5.32 Å². The molecule has 0 aliphatic carbocycles. The highest BCUT2D eigenvalue weighted by molar-refractivity contribution is 5.95. The van der Waals surface area contributed by atoms with Crippen LogP contribution in [-0.4, -0.2) is 25.0 Å². The standard InChI is InChI=1S/C10H15NO3/c1-5-9(12)11-8(6-7(2)3)10(13)14-4/h1,7-8H,6H2,2-4H3,(H,11,12). The van der Waals surface area contributed by atoms with E-state index in [0.717, 1.165) is 0 Å². The summed E-state index contributed by atoms with van der Waals surface area (Å²) in [5.41, 5.74) is 0. The van der Waals surface area contributed by atoms with Crippen LogP contribution in [0.25, 0.3) is 0 Å². The second-order valence-corrected chi connectivity index (χ2v) is 3.32. The van der Waals surface area contributed by atoms with E-state index in [1.807, 2.05) is 19.8 Å². The van der Waals surface area contributed by atoms with E-state index < -0.39 is 17.9 Å². The normalized spacial score (nSPS) is 11.6. The van der Waals surface area contributed by atoms with Gasteiger partial charge in [0.15, 0.2) is 0 Å². The molecular formula is C10H15NO3. The van der Waals surface area contributed by atoms with Gasteiger partial charge in [0.1, 0.15) is 6.04 Å². The number of ether oxygens (including phenoxy) is 1. The zero-order valence-corrected chi connectivity index (χ0v) is 8.66. The molecule has 0 aromatic rings. The predicted molar refractivity (Wildman–Crippen MR) is 52.2 cm³/mol. The van der Waals surface area contributed by atoms with Crippen molar-refractivity contribution in [2.24, 2.45) is 5.92 Å². The fourth-order valence-electron chi connectivity index (χ4n) is 1.03. The van der Waals surface area contributed by atoms with Crippen LogP contribution in [0.2, 0.25) is 0 Å². The van der Waals surface area contributed by atoms with Gasteiger partial charge in [0.25, 0.3) is 5.91 Å². The zero-order valence-electron chi connectivity index (χ0n) is 8.66. The van der Waals surface area contributed by atoms with Crippen molar-refractivity contribution in [2.45, 2.75) is 26.3 Å². The number of methoxy groups -OCH3 is 1. The molecule has 1 amide bonds. The molecular weight excluding hydrogens is 182 g/mol. The van der Waals surface area contributed by atoms with Gasteiger partial charge in [0.2, 0.25) is 0 Å². The average molecular weight is 197 g/mol. The Kier molecular flexibility index (Phi) is 5.38. The van der Waals surface area contributed by atoms with Crippen molar-refractivity contribution in [1.82, 2.24) is 5.32 Å². The fourth-order valence-corrected chi connectivity index (χ4v) is 1.03. The van der Waals surface area contributed by atoms with Gasteiger partial charge in [0.05, 0.1) is 7.11 Å². The first-order chi connectivity index (χ1) is 6.51. The smallest absolute Gasteiger partial charge is 0.328 e. The molecule has 0 fully saturated rings. The number of nitrogens with one attached hydrogen (secondary N) is 1. The number of amides is 1. The third-order valence-corrected chi connectivity index (χ3v) is 1.63. The minimum Gasteiger partial charge on any atom is -0.467 e. The Bertz CT molecular complexity index is 253. The number of hydrogen-bond donors (Lipinski definition) is 1. The van der Waals surface area contributed by atoms with Gasteiger partial charge in [-0.3, -0.25) is 4.79 Å². The molecule has 4 nitrogen and oxygen atoms in total. The van der Waals surface area contributed by atoms with E-state index in [0.29, 0.717) is 6.42 Å². The Balaban J connectivity index is 4.33. The van der Waals surface area contributed by atoms with E-state index in [9.17, 15) is 9.59 Å². The lowest BCUT2D eigenvalue weighted by Crippen LogP contribution is -2.41. The number of carbonyl (C=O) groups is 2. The molecule has 4 heteroatoms. The Morgan fingerprint density at radius 2 is 2.07 bits per heavy atom. The van der Waals surface area contributed by atoms with Crippen molar-refractivity contribution >= 4 is 11.9 Å². The number of hydrogen-bond acceptors (Lipinski definition) is 3. The summed E-state index contributed by atoms with van der Waals surface area (Å²) in [6.45, 7) is 3.88. The minimum atomic E-state index is -0.649. The molecule has 78 valence electrons. The van der Waals surface area contributed by atoms with Gasteiger partial charge in [-0.05, 0) is 18.3 Å². The van der Waals surface area contributed by atoms with Crippen molar-refractivity contribution in [3.63, 3.8) is 0 Å². The molecule has 0 aromatic carbocycles. The second-order valence-electron chi connectivity index (χ2n) is 3.32. The monoisotopic (exact) mass is 197 g/mol. The van der Waals surface area contributed by atoms with Gasteiger partial charge >= 0.3 is 5.97 Å². The van der Waals surface area contributed by atoms with Crippen LogP contribution in [0, 0.1) is 18.3 Å². The largest absolute Gasteiger partial charge is 0.467 e. The lowest BCUT2D eigenvalue weighted by molar-refractivity contribution is -0.145. The summed E-state index contributed by atoms with van der Waals surface area (Å²) in [6.07, 6.45) is 5.39. The van der Waals surface area contributed by atoms with Crippen molar-refractivity contribution in [3.8, 4) is 12.3 Å². The molecule has 0 rings (SSSR count). The summed E-state index contributed by atoms with van der Waals surface area (Å²) >= 11 is 0. The first kappa shape index (κ1) is 12.5. The first-order valence-corrected chi connectivity index (χ1v) is 4.36. The number of terminal acetylenes is 1. The van der Waals surface area contributed by atoms with Gasteiger partial charge in [-0.15, -0.1) is 6.42 Å². The lowest BCUT2D eigenvalue weighted by atomic mass is 10.0. The van der Waals surface area contributed by atoms with Crippen LogP contribution in [0.15, 0.2) is 0 Å². The van der Waals surface area contributed by atoms with Gasteiger partial charge in [-0.2, -0.15) is 0 Å². The molecule has 1 atom stereocenters. The molecule has 0 bridgehead atoms. The Labute approximate surface area is 84.0 Å². The number of esters is 1. The first-order valence-electron chi connectivity index (χ1n) is 4.36. The highest BCUT2D eigenvalue weighted by atomic mass is 16.5. The van der Waals surface area contributed by atoms with Gasteiger partial charge in [-0.1, -0.05) is 13.8 Å². The van der Waals surface area contributed by atoms with Gasteiger partial charge in [0, 0.05) is 0 Å². The van der Waals surface area contributed by atoms with Crippen molar-refractivity contribution in [3.05, 3.63) is 0 Å². The SMILES string of the molecule is C#CC(=O)NC(CC(C)C)C(=O)OC. The molecule has 0 saturated heterocycles. The Morgan fingerprint density at radius 3 is 2.43 bits per heavy atom. The third-order valence-electron chi connectivity index (χ3n) is 1.63. The molecule has 0 aliphatic rings. The Hall–Kier alpha value is -1.50. The van der Waals surface area contributed by atoms with Gasteiger partial charge < -0.3 is 10.1 Å². The molecule has 0 spiro atoms. The third kappa shape index (κ3) is 4.51. The maximum absolute atomic E-state index is 11.2. The summed E-state index contributed by atoms with van der Waals surface area (Å²) < 4.78 is 4.54. The summed E-state index contributed by atoms with van der Waals surface area (Å²) in [5, 5.41) is 2.40. The van der Waals surface area contributed by atoms with Crippen molar-refractivity contribution in [1.29, 1.82) is 0 Å². The fraction of sp³-hybridized carbons (Fsp3) is 0.600. The zero-order chi connectivity index (χ0) is 11.1. The van der Waals surface area contributed by atoms with Gasteiger partial charge in [-0.25, -0.2) is 4.79 Å². The molecule has 0 radical (unpaired) electrons. The van der Waals surface area contributed by atoms with Crippen LogP contribution in [0.5, 0.6) is 0 Å². The topological polar surface area (TPSA) is 55.4 Å². The van der Waals surface area contributed by atoms with Crippen LogP contribution in [-0.2, 0) is 14.3 Å². The van der Waals surface area contributed by atoms with E-state index >= 15 is 0 Å². The lowest BCUT2D eigenvalue weighted by Gasteiger charge is -2.16. The van der Waals surface area contributed by atoms with Crippen molar-refractivity contribution < 1.29 is 14.3 Å². The highest BCUT2D eigenvalue weighted by Crippen LogP contribution is 2.05. The second kappa shape index (κ2) is 6.03. The van der Waals surface area contributed by atoms with Crippen LogP contribution in [0.3, 0.4) is 0 Å². The van der Waals surface area contributed by atoms with E-state index in [-0.39, 0.29) is 5.92 Å². The highest BCUT2D eigenvalue weighted by Gasteiger charge is 2.21. The molecule has 0 aliphatic heterocycles. The molecule has 14 heavy (non-hydrogen) atoms. The molecule has 0 heterocycles. The summed E-state index contributed by atoms with van der Waals surface area (Å²) in [6, 6.07) is -0.649. The van der Waals surface area contributed by atoms with E-state index in [4.69, 9.17) is 6.42 Å². The molecule has 1 unspecified atom stereocenters. The van der Waals surface area contributed by atoms with Crippen LogP contribution in [0.1, 0.15) is 20.3 Å². The maximum atomic E-state index is 11.2. The van der Waals surface area contributed by atoms with Crippen molar-refractivity contribution in [2.75, 3.05) is 7.11 Å².